The second-order valence-corrected chi connectivity index (χ2v) is 6.36. The summed E-state index contributed by atoms with van der Waals surface area (Å²) in [5.41, 5.74) is 1.24. The van der Waals surface area contributed by atoms with E-state index in [0.29, 0.717) is 6.04 Å². The Bertz CT molecular complexity index is 496. The quantitative estimate of drug-likeness (QED) is 0.619. The normalized spacial score (nSPS) is 21.9. The number of nitrogens with one attached hydrogen (secondary N) is 1. The molecule has 0 spiro atoms. The molecule has 0 aromatic heterocycles. The summed E-state index contributed by atoms with van der Waals surface area (Å²) in [5, 5.41) is 14.4. The fourth-order valence-corrected chi connectivity index (χ4v) is 3.12. The van der Waals surface area contributed by atoms with E-state index in [1.807, 2.05) is 6.07 Å². The fraction of sp³-hybridized carbons (Fsp3) is 0.625. The molecule has 1 aliphatic heterocycles. The zero-order valence-electron chi connectivity index (χ0n) is 12.3. The van der Waals surface area contributed by atoms with Gasteiger partial charge in [-0.2, -0.15) is 0 Å². The van der Waals surface area contributed by atoms with Gasteiger partial charge in [0.05, 0.1) is 4.92 Å². The highest BCUT2D eigenvalue weighted by atomic mass is 16.6. The summed E-state index contributed by atoms with van der Waals surface area (Å²) in [5.74, 6) is 0.838. The third kappa shape index (κ3) is 4.25. The molecule has 2 fully saturated rings. The molecule has 0 radical (unpaired) electrons. The van der Waals surface area contributed by atoms with E-state index in [4.69, 9.17) is 0 Å². The zero-order valence-corrected chi connectivity index (χ0v) is 12.3. The molecule has 1 saturated carbocycles. The molecular weight excluding hydrogens is 266 g/mol. The van der Waals surface area contributed by atoms with Crippen LogP contribution in [0.1, 0.15) is 31.2 Å². The first kappa shape index (κ1) is 14.5. The number of hydrogen-bond acceptors (Lipinski definition) is 4. The summed E-state index contributed by atoms with van der Waals surface area (Å²) < 4.78 is 0. The van der Waals surface area contributed by atoms with Gasteiger partial charge in [0.25, 0.3) is 5.69 Å². The largest absolute Gasteiger partial charge is 0.313 e. The molecule has 2 aliphatic rings. The van der Waals surface area contributed by atoms with Crippen molar-refractivity contribution in [2.24, 2.45) is 5.92 Å². The van der Waals surface area contributed by atoms with Crippen molar-refractivity contribution in [2.75, 3.05) is 19.6 Å². The topological polar surface area (TPSA) is 58.4 Å². The van der Waals surface area contributed by atoms with Crippen LogP contribution in [0.5, 0.6) is 0 Å². The SMILES string of the molecule is O=[N+]([O-])c1cccc(CN(CC2CC2)CC2CCCN2)c1. The highest BCUT2D eigenvalue weighted by Crippen LogP contribution is 2.30. The summed E-state index contributed by atoms with van der Waals surface area (Å²) in [6, 6.07) is 7.64. The van der Waals surface area contributed by atoms with Crippen LogP contribution in [0.3, 0.4) is 0 Å². The average molecular weight is 289 g/mol. The predicted molar refractivity (Wildman–Crippen MR) is 82.1 cm³/mol. The van der Waals surface area contributed by atoms with Gasteiger partial charge in [-0.05, 0) is 43.7 Å². The maximum atomic E-state index is 10.9. The lowest BCUT2D eigenvalue weighted by molar-refractivity contribution is -0.384. The second-order valence-electron chi connectivity index (χ2n) is 6.36. The third-order valence-corrected chi connectivity index (χ3v) is 4.38. The van der Waals surface area contributed by atoms with E-state index in [1.165, 1.54) is 25.7 Å². The molecule has 0 amide bonds. The number of benzene rings is 1. The van der Waals surface area contributed by atoms with E-state index in [-0.39, 0.29) is 10.6 Å². The van der Waals surface area contributed by atoms with Crippen LogP contribution in [0.4, 0.5) is 5.69 Å². The van der Waals surface area contributed by atoms with Crippen LogP contribution in [0, 0.1) is 16.0 Å². The van der Waals surface area contributed by atoms with Crippen molar-refractivity contribution in [1.29, 1.82) is 0 Å². The molecule has 1 unspecified atom stereocenters. The summed E-state index contributed by atoms with van der Waals surface area (Å²) in [7, 11) is 0. The molecule has 1 aromatic rings. The summed E-state index contributed by atoms with van der Waals surface area (Å²) in [6.45, 7) is 4.12. The van der Waals surface area contributed by atoms with Gasteiger partial charge in [-0.15, -0.1) is 0 Å². The molecule has 1 heterocycles. The van der Waals surface area contributed by atoms with Gasteiger partial charge in [0.1, 0.15) is 0 Å². The Balaban J connectivity index is 1.64. The van der Waals surface area contributed by atoms with Gasteiger partial charge in [0, 0.05) is 37.8 Å². The molecule has 5 nitrogen and oxygen atoms in total. The number of nitro groups is 1. The fourth-order valence-electron chi connectivity index (χ4n) is 3.12. The Morgan fingerprint density at radius 1 is 1.29 bits per heavy atom. The molecule has 114 valence electrons. The van der Waals surface area contributed by atoms with Crippen LogP contribution in [0.2, 0.25) is 0 Å². The molecule has 0 bridgehead atoms. The zero-order chi connectivity index (χ0) is 14.7. The number of nitrogens with zero attached hydrogens (tertiary/aromatic N) is 2. The Labute approximate surface area is 125 Å². The van der Waals surface area contributed by atoms with E-state index >= 15 is 0 Å². The number of non-ortho nitro benzene ring substituents is 1. The molecule has 3 rings (SSSR count). The molecule has 1 N–H and O–H groups in total. The molecule has 21 heavy (non-hydrogen) atoms. The first-order valence-electron chi connectivity index (χ1n) is 7.90. The van der Waals surface area contributed by atoms with Crippen LogP contribution in [-0.2, 0) is 6.54 Å². The minimum absolute atomic E-state index is 0.192. The van der Waals surface area contributed by atoms with Gasteiger partial charge in [0.15, 0.2) is 0 Å². The van der Waals surface area contributed by atoms with E-state index < -0.39 is 0 Å². The monoisotopic (exact) mass is 289 g/mol. The van der Waals surface area contributed by atoms with Crippen LogP contribution in [0.15, 0.2) is 24.3 Å². The maximum Gasteiger partial charge on any atom is 0.269 e. The van der Waals surface area contributed by atoms with Gasteiger partial charge in [-0.3, -0.25) is 15.0 Å². The van der Waals surface area contributed by atoms with Crippen LogP contribution < -0.4 is 5.32 Å². The predicted octanol–water partition coefficient (Wildman–Crippen LogP) is 2.56. The lowest BCUT2D eigenvalue weighted by Crippen LogP contribution is -2.38. The van der Waals surface area contributed by atoms with Crippen molar-refractivity contribution in [3.8, 4) is 0 Å². The Morgan fingerprint density at radius 2 is 2.14 bits per heavy atom. The van der Waals surface area contributed by atoms with Gasteiger partial charge in [0.2, 0.25) is 0 Å². The van der Waals surface area contributed by atoms with Gasteiger partial charge in [-0.1, -0.05) is 12.1 Å². The lowest BCUT2D eigenvalue weighted by Gasteiger charge is -2.25. The molecule has 1 saturated heterocycles. The Hall–Kier alpha value is -1.46. The third-order valence-electron chi connectivity index (χ3n) is 4.38. The van der Waals surface area contributed by atoms with Gasteiger partial charge in [-0.25, -0.2) is 0 Å². The van der Waals surface area contributed by atoms with Gasteiger partial charge >= 0.3 is 0 Å². The highest BCUT2D eigenvalue weighted by Gasteiger charge is 2.26. The summed E-state index contributed by atoms with van der Waals surface area (Å²) >= 11 is 0. The minimum Gasteiger partial charge on any atom is -0.313 e. The Kier molecular flexibility index (Phi) is 4.51. The van der Waals surface area contributed by atoms with Crippen molar-refractivity contribution in [1.82, 2.24) is 10.2 Å². The van der Waals surface area contributed by atoms with Crippen molar-refractivity contribution in [2.45, 2.75) is 38.3 Å². The maximum absolute atomic E-state index is 10.9. The minimum atomic E-state index is -0.312. The van der Waals surface area contributed by atoms with E-state index in [2.05, 4.69) is 10.2 Å². The van der Waals surface area contributed by atoms with Crippen molar-refractivity contribution < 1.29 is 4.92 Å². The highest BCUT2D eigenvalue weighted by molar-refractivity contribution is 5.34. The average Bonchev–Trinajstić information content (AvgIpc) is 3.12. The summed E-state index contributed by atoms with van der Waals surface area (Å²) in [4.78, 5) is 13.0. The Morgan fingerprint density at radius 3 is 2.81 bits per heavy atom. The standard InChI is InChI=1S/C16H23N3O2/c20-19(21)16-5-1-3-14(9-16)11-18(10-13-6-7-13)12-15-4-2-8-17-15/h1,3,5,9,13,15,17H,2,4,6-8,10-12H2. The molecular formula is C16H23N3O2. The molecule has 1 atom stereocenters. The number of nitro benzene ring substituents is 1. The first-order valence-corrected chi connectivity index (χ1v) is 7.90. The lowest BCUT2D eigenvalue weighted by atomic mass is 10.1. The molecule has 1 aromatic carbocycles. The van der Waals surface area contributed by atoms with Crippen LogP contribution in [-0.4, -0.2) is 35.5 Å². The van der Waals surface area contributed by atoms with E-state index in [9.17, 15) is 10.1 Å². The van der Waals surface area contributed by atoms with Gasteiger partial charge < -0.3 is 5.32 Å². The second kappa shape index (κ2) is 6.54. The molecule has 1 aliphatic carbocycles. The van der Waals surface area contributed by atoms with Crippen molar-refractivity contribution in [3.63, 3.8) is 0 Å². The van der Waals surface area contributed by atoms with Crippen molar-refractivity contribution in [3.05, 3.63) is 39.9 Å². The van der Waals surface area contributed by atoms with E-state index in [0.717, 1.165) is 37.7 Å². The van der Waals surface area contributed by atoms with Crippen LogP contribution in [0.25, 0.3) is 0 Å². The summed E-state index contributed by atoms with van der Waals surface area (Å²) in [6.07, 6.45) is 5.18. The van der Waals surface area contributed by atoms with Crippen LogP contribution >= 0.6 is 0 Å². The smallest absolute Gasteiger partial charge is 0.269 e. The number of rotatable bonds is 7. The van der Waals surface area contributed by atoms with Crippen molar-refractivity contribution >= 4 is 5.69 Å². The first-order chi connectivity index (χ1) is 10.2. The number of hydrogen-bond donors (Lipinski definition) is 1. The molecule has 5 heteroatoms. The van der Waals surface area contributed by atoms with E-state index in [1.54, 1.807) is 18.2 Å².